The summed E-state index contributed by atoms with van der Waals surface area (Å²) in [5.74, 6) is 0.373. The summed E-state index contributed by atoms with van der Waals surface area (Å²) in [6.45, 7) is 7.74. The number of Topliss-reactive ketones (excluding diaryl/α,β-unsaturated/α-hetero) is 1. The summed E-state index contributed by atoms with van der Waals surface area (Å²) < 4.78 is 0. The monoisotopic (exact) mass is 228 g/mol. The summed E-state index contributed by atoms with van der Waals surface area (Å²) >= 11 is 0. The molecule has 0 radical (unpaired) electrons. The van der Waals surface area contributed by atoms with E-state index in [2.05, 4.69) is 42.9 Å². The van der Waals surface area contributed by atoms with Crippen molar-refractivity contribution in [3.8, 4) is 11.3 Å². The van der Waals surface area contributed by atoms with Gasteiger partial charge in [0.2, 0.25) is 0 Å². The number of rotatable bonds is 2. The molecule has 88 valence electrons. The van der Waals surface area contributed by atoms with Crippen LogP contribution in [-0.4, -0.2) is 15.8 Å². The van der Waals surface area contributed by atoms with Gasteiger partial charge < -0.3 is 4.98 Å². The number of H-pyrrole nitrogens is 1. The Morgan fingerprint density at radius 3 is 2.24 bits per heavy atom. The van der Waals surface area contributed by atoms with Crippen LogP contribution in [-0.2, 0) is 0 Å². The number of carbonyl (C=O) groups excluding carboxylic acids is 1. The van der Waals surface area contributed by atoms with Crippen LogP contribution in [0.15, 0.2) is 18.3 Å². The van der Waals surface area contributed by atoms with Crippen molar-refractivity contribution in [3.05, 3.63) is 40.8 Å². The summed E-state index contributed by atoms with van der Waals surface area (Å²) in [6.07, 6.45) is 1.72. The molecule has 0 aliphatic carbocycles. The van der Waals surface area contributed by atoms with Gasteiger partial charge in [-0.05, 0) is 31.9 Å². The molecule has 2 rings (SSSR count). The minimum atomic E-state index is -0.0429. The second-order valence-corrected chi connectivity index (χ2v) is 4.48. The third-order valence-electron chi connectivity index (χ3n) is 2.86. The van der Waals surface area contributed by atoms with Gasteiger partial charge in [0.05, 0.1) is 11.9 Å². The smallest absolute Gasteiger partial charge is 0.194 e. The maximum absolute atomic E-state index is 11.2. The van der Waals surface area contributed by atoms with Gasteiger partial charge in [-0.15, -0.1) is 0 Å². The average Bonchev–Trinajstić information content (AvgIpc) is 2.65. The van der Waals surface area contributed by atoms with E-state index in [1.807, 2.05) is 0 Å². The molecular formula is C14H16N2O. The minimum Gasteiger partial charge on any atom is -0.335 e. The fourth-order valence-corrected chi connectivity index (χ4v) is 2.23. The number of aromatic amines is 1. The Bertz CT molecular complexity index is 559. The molecule has 3 nitrogen and oxygen atoms in total. The topological polar surface area (TPSA) is 45.8 Å². The number of aryl methyl sites for hydroxylation is 3. The van der Waals surface area contributed by atoms with Gasteiger partial charge in [-0.1, -0.05) is 17.7 Å². The highest BCUT2D eigenvalue weighted by atomic mass is 16.1. The van der Waals surface area contributed by atoms with Gasteiger partial charge in [0.25, 0.3) is 0 Å². The van der Waals surface area contributed by atoms with Crippen LogP contribution in [0.2, 0.25) is 0 Å². The summed E-state index contributed by atoms with van der Waals surface area (Å²) in [5.41, 5.74) is 5.68. The van der Waals surface area contributed by atoms with Crippen molar-refractivity contribution >= 4 is 5.78 Å². The molecule has 2 aromatic rings. The number of hydrogen-bond donors (Lipinski definition) is 1. The van der Waals surface area contributed by atoms with E-state index in [4.69, 9.17) is 0 Å². The van der Waals surface area contributed by atoms with Crippen LogP contribution in [0.1, 0.15) is 34.2 Å². The average molecular weight is 228 g/mol. The number of imidazole rings is 1. The number of ketones is 1. The Morgan fingerprint density at radius 1 is 1.18 bits per heavy atom. The van der Waals surface area contributed by atoms with E-state index in [1.165, 1.54) is 23.6 Å². The molecule has 0 unspecified atom stereocenters. The van der Waals surface area contributed by atoms with Crippen molar-refractivity contribution < 1.29 is 4.79 Å². The van der Waals surface area contributed by atoms with Crippen LogP contribution in [0.3, 0.4) is 0 Å². The van der Waals surface area contributed by atoms with Gasteiger partial charge in [-0.3, -0.25) is 4.79 Å². The normalized spacial score (nSPS) is 10.6. The molecule has 0 aliphatic rings. The van der Waals surface area contributed by atoms with Crippen LogP contribution < -0.4 is 0 Å². The largest absolute Gasteiger partial charge is 0.335 e. The summed E-state index contributed by atoms with van der Waals surface area (Å²) in [7, 11) is 0. The Balaban J connectivity index is 2.56. The van der Waals surface area contributed by atoms with Gasteiger partial charge in [-0.25, -0.2) is 4.98 Å². The number of aromatic nitrogens is 2. The van der Waals surface area contributed by atoms with Gasteiger partial charge >= 0.3 is 0 Å². The number of nitrogens with zero attached hydrogens (tertiary/aromatic N) is 1. The first kappa shape index (κ1) is 11.6. The summed E-state index contributed by atoms with van der Waals surface area (Å²) in [5, 5.41) is 0. The lowest BCUT2D eigenvalue weighted by molar-refractivity contribution is 0.100. The second kappa shape index (κ2) is 4.17. The Labute approximate surface area is 101 Å². The SMILES string of the molecule is CC(=O)c1ncc(-c2c(C)cc(C)cc2C)[nH]1. The fourth-order valence-electron chi connectivity index (χ4n) is 2.23. The maximum Gasteiger partial charge on any atom is 0.194 e. The Hall–Kier alpha value is -1.90. The predicted octanol–water partition coefficient (Wildman–Crippen LogP) is 3.20. The lowest BCUT2D eigenvalue weighted by Crippen LogP contribution is -1.95. The number of hydrogen-bond acceptors (Lipinski definition) is 2. The standard InChI is InChI=1S/C14H16N2O/c1-8-5-9(2)13(10(3)6-8)12-7-15-14(16-12)11(4)17/h5-7H,1-4H3,(H,15,16). The number of benzene rings is 1. The van der Waals surface area contributed by atoms with E-state index in [-0.39, 0.29) is 5.78 Å². The van der Waals surface area contributed by atoms with Crippen LogP contribution in [0, 0.1) is 20.8 Å². The molecule has 1 N–H and O–H groups in total. The zero-order valence-corrected chi connectivity index (χ0v) is 10.6. The molecule has 0 spiro atoms. The molecular weight excluding hydrogens is 212 g/mol. The van der Waals surface area contributed by atoms with Crippen LogP contribution in [0.5, 0.6) is 0 Å². The predicted molar refractivity (Wildman–Crippen MR) is 68.2 cm³/mol. The zero-order valence-electron chi connectivity index (χ0n) is 10.6. The molecule has 3 heteroatoms. The lowest BCUT2D eigenvalue weighted by Gasteiger charge is -2.09. The van der Waals surface area contributed by atoms with E-state index >= 15 is 0 Å². The number of nitrogens with one attached hydrogen (secondary N) is 1. The maximum atomic E-state index is 11.2. The zero-order chi connectivity index (χ0) is 12.6. The highest BCUT2D eigenvalue weighted by molar-refractivity contribution is 5.91. The van der Waals surface area contributed by atoms with Gasteiger partial charge in [-0.2, -0.15) is 0 Å². The van der Waals surface area contributed by atoms with Crippen LogP contribution in [0.25, 0.3) is 11.3 Å². The first-order valence-electron chi connectivity index (χ1n) is 5.63. The molecule has 1 aromatic heterocycles. The first-order chi connectivity index (χ1) is 7.99. The molecule has 17 heavy (non-hydrogen) atoms. The summed E-state index contributed by atoms with van der Waals surface area (Å²) in [4.78, 5) is 18.4. The van der Waals surface area contributed by atoms with E-state index < -0.39 is 0 Å². The molecule has 0 bridgehead atoms. The van der Waals surface area contributed by atoms with Crippen molar-refractivity contribution in [1.29, 1.82) is 0 Å². The Morgan fingerprint density at radius 2 is 1.76 bits per heavy atom. The molecule has 0 atom stereocenters. The first-order valence-corrected chi connectivity index (χ1v) is 5.63. The van der Waals surface area contributed by atoms with Crippen LogP contribution in [0.4, 0.5) is 0 Å². The van der Waals surface area contributed by atoms with Crippen molar-refractivity contribution in [3.63, 3.8) is 0 Å². The van der Waals surface area contributed by atoms with Crippen molar-refractivity contribution in [2.75, 3.05) is 0 Å². The fraction of sp³-hybridized carbons (Fsp3) is 0.286. The number of carbonyl (C=O) groups is 1. The van der Waals surface area contributed by atoms with Crippen LogP contribution >= 0.6 is 0 Å². The lowest BCUT2D eigenvalue weighted by atomic mass is 9.98. The molecule has 0 fully saturated rings. The van der Waals surface area contributed by atoms with E-state index in [0.717, 1.165) is 11.3 Å². The Kier molecular flexibility index (Phi) is 2.84. The van der Waals surface area contributed by atoms with E-state index in [9.17, 15) is 4.79 Å². The summed E-state index contributed by atoms with van der Waals surface area (Å²) in [6, 6.07) is 4.27. The highest BCUT2D eigenvalue weighted by Gasteiger charge is 2.11. The molecule has 1 heterocycles. The molecule has 0 aliphatic heterocycles. The van der Waals surface area contributed by atoms with E-state index in [0.29, 0.717) is 5.82 Å². The van der Waals surface area contributed by atoms with Crippen molar-refractivity contribution in [2.24, 2.45) is 0 Å². The molecule has 0 saturated carbocycles. The highest BCUT2D eigenvalue weighted by Crippen LogP contribution is 2.26. The molecule has 0 amide bonds. The minimum absolute atomic E-state index is 0.0429. The van der Waals surface area contributed by atoms with Crippen molar-refractivity contribution in [1.82, 2.24) is 9.97 Å². The van der Waals surface area contributed by atoms with Gasteiger partial charge in [0.15, 0.2) is 11.6 Å². The molecule has 1 aromatic carbocycles. The quantitative estimate of drug-likeness (QED) is 0.802. The third-order valence-corrected chi connectivity index (χ3v) is 2.86. The van der Waals surface area contributed by atoms with Gasteiger partial charge in [0, 0.05) is 12.5 Å². The molecule has 0 saturated heterocycles. The van der Waals surface area contributed by atoms with E-state index in [1.54, 1.807) is 6.20 Å². The van der Waals surface area contributed by atoms with Crippen molar-refractivity contribution in [2.45, 2.75) is 27.7 Å². The third kappa shape index (κ3) is 2.13. The second-order valence-electron chi connectivity index (χ2n) is 4.48. The van der Waals surface area contributed by atoms with Gasteiger partial charge in [0.1, 0.15) is 0 Å².